The van der Waals surface area contributed by atoms with Gasteiger partial charge >= 0.3 is 0 Å². The molecular weight excluding hydrogens is 418 g/mol. The van der Waals surface area contributed by atoms with Crippen molar-refractivity contribution in [3.05, 3.63) is 70.9 Å². The zero-order valence-electron chi connectivity index (χ0n) is 19.2. The van der Waals surface area contributed by atoms with E-state index in [4.69, 9.17) is 9.84 Å². The van der Waals surface area contributed by atoms with E-state index in [1.165, 1.54) is 0 Å². The predicted molar refractivity (Wildman–Crippen MR) is 124 cm³/mol. The first-order valence-corrected chi connectivity index (χ1v) is 11.3. The van der Waals surface area contributed by atoms with Crippen LogP contribution in [0.1, 0.15) is 53.7 Å². The number of piperidine rings is 1. The molecule has 7 nitrogen and oxygen atoms in total. The molecule has 3 heterocycles. The fourth-order valence-corrected chi connectivity index (χ4v) is 5.12. The number of aryl methyl sites for hydroxylation is 1. The number of para-hydroxylation sites is 1. The highest BCUT2D eigenvalue weighted by molar-refractivity contribution is 5.94. The first-order chi connectivity index (χ1) is 15.7. The van der Waals surface area contributed by atoms with Crippen LogP contribution >= 0.6 is 0 Å². The van der Waals surface area contributed by atoms with Crippen molar-refractivity contribution in [2.75, 3.05) is 13.1 Å². The highest BCUT2D eigenvalue weighted by atomic mass is 16.5. The highest BCUT2D eigenvalue weighted by Crippen LogP contribution is 2.49. The zero-order chi connectivity index (χ0) is 23.4. The molecule has 1 fully saturated rings. The number of amides is 1. The van der Waals surface area contributed by atoms with Crippen LogP contribution in [0.5, 0.6) is 5.75 Å². The van der Waals surface area contributed by atoms with Gasteiger partial charge in [0.25, 0.3) is 5.91 Å². The largest absolute Gasteiger partial charge is 0.482 e. The number of hydrogen-bond donors (Lipinski definition) is 2. The summed E-state index contributed by atoms with van der Waals surface area (Å²) >= 11 is 0. The number of fused-ring (bicyclic) bond motifs is 4. The maximum absolute atomic E-state index is 13.3. The predicted octanol–water partition coefficient (Wildman–Crippen LogP) is 3.33. The van der Waals surface area contributed by atoms with Crippen LogP contribution < -0.4 is 4.74 Å². The second-order valence-electron chi connectivity index (χ2n) is 9.54. The summed E-state index contributed by atoms with van der Waals surface area (Å²) in [4.78, 5) is 15.1. The van der Waals surface area contributed by atoms with Crippen LogP contribution in [0, 0.1) is 0 Å². The Morgan fingerprint density at radius 2 is 1.91 bits per heavy atom. The van der Waals surface area contributed by atoms with E-state index >= 15 is 0 Å². The summed E-state index contributed by atoms with van der Waals surface area (Å²) < 4.78 is 8.40. The molecule has 7 heteroatoms. The Balaban J connectivity index is 1.39. The number of rotatable bonds is 3. The third kappa shape index (κ3) is 3.61. The maximum Gasteiger partial charge on any atom is 0.253 e. The fraction of sp³-hybridized carbons (Fsp3) is 0.385. The Bertz CT molecular complexity index is 1220. The molecule has 33 heavy (non-hydrogen) atoms. The van der Waals surface area contributed by atoms with Crippen molar-refractivity contribution in [1.29, 1.82) is 0 Å². The van der Waals surface area contributed by atoms with Crippen LogP contribution in [0.2, 0.25) is 0 Å². The smallest absolute Gasteiger partial charge is 0.253 e. The third-order valence-corrected chi connectivity index (χ3v) is 6.81. The van der Waals surface area contributed by atoms with Crippen LogP contribution in [0.25, 0.3) is 11.3 Å². The molecule has 2 N–H and O–H groups in total. The van der Waals surface area contributed by atoms with Gasteiger partial charge in [0.05, 0.1) is 12.2 Å². The number of nitrogens with zero attached hydrogens (tertiary/aromatic N) is 3. The number of aliphatic hydroxyl groups excluding tert-OH is 1. The van der Waals surface area contributed by atoms with Crippen molar-refractivity contribution in [2.45, 2.75) is 44.5 Å². The van der Waals surface area contributed by atoms with Crippen LogP contribution in [-0.4, -0.2) is 43.9 Å². The minimum absolute atomic E-state index is 0.0792. The molecule has 0 saturated carbocycles. The summed E-state index contributed by atoms with van der Waals surface area (Å²) in [6.45, 7) is 4.21. The van der Waals surface area contributed by atoms with Gasteiger partial charge in [0.2, 0.25) is 0 Å². The summed E-state index contributed by atoms with van der Waals surface area (Å²) in [6, 6.07) is 13.1. The van der Waals surface area contributed by atoms with Gasteiger partial charge in [-0.2, -0.15) is 5.10 Å². The molecule has 1 amide bonds. The standard InChI is InChI=1S/C26H29N3O4/c1-25(2,32)20-9-8-17(14-18(20)16-30)24(31)29-12-10-26(11-13-29)21-15-28(3)27-23(21)19-6-4-5-7-22(19)33-26/h4-9,14-15,30,32H,10-13,16H2,1-3H3. The number of aliphatic hydroxyl groups is 2. The number of benzene rings is 2. The fourth-order valence-electron chi connectivity index (χ4n) is 5.12. The summed E-state index contributed by atoms with van der Waals surface area (Å²) in [7, 11) is 1.92. The van der Waals surface area contributed by atoms with Crippen molar-refractivity contribution >= 4 is 5.91 Å². The van der Waals surface area contributed by atoms with Crippen molar-refractivity contribution < 1.29 is 19.7 Å². The van der Waals surface area contributed by atoms with Crippen LogP contribution in [-0.2, 0) is 24.9 Å². The van der Waals surface area contributed by atoms with E-state index in [1.807, 2.05) is 47.1 Å². The molecular formula is C26H29N3O4. The highest BCUT2D eigenvalue weighted by Gasteiger charge is 2.45. The van der Waals surface area contributed by atoms with Crippen molar-refractivity contribution in [3.8, 4) is 17.0 Å². The van der Waals surface area contributed by atoms with Gasteiger partial charge in [0, 0.05) is 55.9 Å². The van der Waals surface area contributed by atoms with E-state index in [2.05, 4.69) is 0 Å². The molecule has 172 valence electrons. The topological polar surface area (TPSA) is 87.8 Å². The molecule has 2 aliphatic rings. The number of aromatic nitrogens is 2. The van der Waals surface area contributed by atoms with Crippen LogP contribution in [0.3, 0.4) is 0 Å². The summed E-state index contributed by atoms with van der Waals surface area (Å²) in [5.74, 6) is 0.753. The van der Waals surface area contributed by atoms with Crippen molar-refractivity contribution in [1.82, 2.24) is 14.7 Å². The quantitative estimate of drug-likeness (QED) is 0.643. The van der Waals surface area contributed by atoms with Gasteiger partial charge in [-0.1, -0.05) is 18.2 Å². The van der Waals surface area contributed by atoms with Gasteiger partial charge in [-0.05, 0) is 49.2 Å². The van der Waals surface area contributed by atoms with Crippen LogP contribution in [0.15, 0.2) is 48.7 Å². The number of hydrogen-bond acceptors (Lipinski definition) is 5. The Morgan fingerprint density at radius 1 is 1.18 bits per heavy atom. The summed E-state index contributed by atoms with van der Waals surface area (Å²) in [5.41, 5.74) is 3.14. The monoisotopic (exact) mass is 447 g/mol. The van der Waals surface area contributed by atoms with E-state index in [-0.39, 0.29) is 12.5 Å². The molecule has 2 aliphatic heterocycles. The number of likely N-dealkylation sites (tertiary alicyclic amines) is 1. The summed E-state index contributed by atoms with van der Waals surface area (Å²) in [6.07, 6.45) is 3.37. The van der Waals surface area contributed by atoms with E-state index in [9.17, 15) is 15.0 Å². The molecule has 1 saturated heterocycles. The molecule has 0 radical (unpaired) electrons. The van der Waals surface area contributed by atoms with Gasteiger partial charge in [-0.25, -0.2) is 0 Å². The lowest BCUT2D eigenvalue weighted by molar-refractivity contribution is -0.00169. The third-order valence-electron chi connectivity index (χ3n) is 6.81. The molecule has 0 aliphatic carbocycles. The first-order valence-electron chi connectivity index (χ1n) is 11.3. The van der Waals surface area contributed by atoms with Gasteiger partial charge in [-0.15, -0.1) is 0 Å². The number of carbonyl (C=O) groups is 1. The molecule has 5 rings (SSSR count). The van der Waals surface area contributed by atoms with Gasteiger partial charge < -0.3 is 19.8 Å². The molecule has 1 spiro atoms. The van der Waals surface area contributed by atoms with Crippen molar-refractivity contribution in [3.63, 3.8) is 0 Å². The Kier molecular flexibility index (Phi) is 5.06. The van der Waals surface area contributed by atoms with Crippen molar-refractivity contribution in [2.24, 2.45) is 7.05 Å². The zero-order valence-corrected chi connectivity index (χ0v) is 19.2. The Hall–Kier alpha value is -3.16. The van der Waals surface area contributed by atoms with E-state index in [0.29, 0.717) is 42.6 Å². The first kappa shape index (κ1) is 21.7. The van der Waals surface area contributed by atoms with E-state index in [0.717, 1.165) is 22.6 Å². The second-order valence-corrected chi connectivity index (χ2v) is 9.54. The minimum atomic E-state index is -1.09. The lowest BCUT2D eigenvalue weighted by Gasteiger charge is -2.44. The molecule has 0 bridgehead atoms. The average molecular weight is 448 g/mol. The van der Waals surface area contributed by atoms with E-state index in [1.54, 1.807) is 32.0 Å². The average Bonchev–Trinajstić information content (AvgIpc) is 3.21. The normalized spacial score (nSPS) is 16.8. The van der Waals surface area contributed by atoms with Crippen LogP contribution in [0.4, 0.5) is 0 Å². The maximum atomic E-state index is 13.3. The Morgan fingerprint density at radius 3 is 2.61 bits per heavy atom. The van der Waals surface area contributed by atoms with Gasteiger partial charge in [0.15, 0.2) is 0 Å². The molecule has 2 aromatic carbocycles. The van der Waals surface area contributed by atoms with Gasteiger partial charge in [0.1, 0.15) is 17.0 Å². The number of ether oxygens (including phenoxy) is 1. The summed E-state index contributed by atoms with van der Waals surface area (Å²) in [5, 5.41) is 24.8. The van der Waals surface area contributed by atoms with E-state index < -0.39 is 11.2 Å². The molecule has 0 unspecified atom stereocenters. The molecule has 3 aromatic rings. The minimum Gasteiger partial charge on any atom is -0.482 e. The second kappa shape index (κ2) is 7.71. The molecule has 0 atom stereocenters. The molecule has 1 aromatic heterocycles. The van der Waals surface area contributed by atoms with Gasteiger partial charge in [-0.3, -0.25) is 9.48 Å². The lowest BCUT2D eigenvalue weighted by atomic mass is 9.81. The number of carbonyl (C=O) groups excluding carboxylic acids is 1. The Labute approximate surface area is 193 Å². The SMILES string of the molecule is Cn1cc2c(n1)-c1ccccc1OC21CCN(C(=O)c2ccc(C(C)(C)O)c(CO)c2)CC1. The lowest BCUT2D eigenvalue weighted by Crippen LogP contribution is -2.49.